The Morgan fingerprint density at radius 2 is 1.83 bits per heavy atom. The van der Waals surface area contributed by atoms with E-state index in [1.165, 1.54) is 11.8 Å². The first-order chi connectivity index (χ1) is 14.0. The van der Waals surface area contributed by atoms with Crippen LogP contribution in [0.25, 0.3) is 10.8 Å². The van der Waals surface area contributed by atoms with E-state index in [0.29, 0.717) is 22.7 Å². The summed E-state index contributed by atoms with van der Waals surface area (Å²) in [5.41, 5.74) is 1.56. The Morgan fingerprint density at radius 1 is 1.07 bits per heavy atom. The maximum absolute atomic E-state index is 13.0. The molecule has 1 heterocycles. The summed E-state index contributed by atoms with van der Waals surface area (Å²) in [6, 6.07) is 17.5. The summed E-state index contributed by atoms with van der Waals surface area (Å²) in [5.74, 6) is -0.312. The van der Waals surface area contributed by atoms with Crippen molar-refractivity contribution in [2.24, 2.45) is 0 Å². The second-order valence-electron chi connectivity index (χ2n) is 6.98. The fourth-order valence-electron chi connectivity index (χ4n) is 3.50. The molecule has 0 aliphatic carbocycles. The normalized spacial score (nSPS) is 14.1. The summed E-state index contributed by atoms with van der Waals surface area (Å²) in [5, 5.41) is 4.86. The third-order valence-electron chi connectivity index (χ3n) is 5.06. The Bertz CT molecular complexity index is 1130. The van der Waals surface area contributed by atoms with Crippen molar-refractivity contribution < 1.29 is 19.1 Å². The topological polar surface area (TPSA) is 75.7 Å². The summed E-state index contributed by atoms with van der Waals surface area (Å²) >= 11 is 0. The summed E-state index contributed by atoms with van der Waals surface area (Å²) < 4.78 is 5.47. The van der Waals surface area contributed by atoms with Crippen LogP contribution in [0, 0.1) is 0 Å². The molecule has 6 heteroatoms. The molecule has 0 spiro atoms. The maximum atomic E-state index is 13.0. The zero-order valence-corrected chi connectivity index (χ0v) is 16.1. The monoisotopic (exact) mass is 388 g/mol. The number of rotatable bonds is 4. The van der Waals surface area contributed by atoms with Gasteiger partial charge in [0.2, 0.25) is 5.91 Å². The minimum Gasteiger partial charge on any atom is -0.482 e. The van der Waals surface area contributed by atoms with E-state index < -0.39 is 6.04 Å². The van der Waals surface area contributed by atoms with E-state index in [1.807, 2.05) is 42.5 Å². The van der Waals surface area contributed by atoms with Crippen LogP contribution in [0.4, 0.5) is 11.4 Å². The number of nitrogens with zero attached hydrogens (tertiary/aromatic N) is 1. The lowest BCUT2D eigenvalue weighted by atomic mass is 10.1. The number of nitrogens with one attached hydrogen (secondary N) is 1. The molecule has 1 aliphatic rings. The molecule has 1 unspecified atom stereocenters. The number of hydrogen-bond acceptors (Lipinski definition) is 4. The molecular formula is C23H20N2O4. The molecule has 4 rings (SSSR count). The van der Waals surface area contributed by atoms with Gasteiger partial charge in [-0.15, -0.1) is 0 Å². The van der Waals surface area contributed by atoms with Crippen LogP contribution in [-0.4, -0.2) is 30.2 Å². The molecule has 1 aliphatic heterocycles. The van der Waals surface area contributed by atoms with Crippen LogP contribution < -0.4 is 15.0 Å². The van der Waals surface area contributed by atoms with Crippen LogP contribution in [-0.2, 0) is 9.59 Å². The predicted octanol–water partition coefficient (Wildman–Crippen LogP) is 3.80. The van der Waals surface area contributed by atoms with Gasteiger partial charge in [-0.05, 0) is 43.5 Å². The Labute approximate surface area is 168 Å². The van der Waals surface area contributed by atoms with Gasteiger partial charge in [0.25, 0.3) is 5.91 Å². The van der Waals surface area contributed by atoms with Crippen LogP contribution in [0.1, 0.15) is 24.2 Å². The van der Waals surface area contributed by atoms with Crippen molar-refractivity contribution >= 4 is 39.7 Å². The fourth-order valence-corrected chi connectivity index (χ4v) is 3.50. The van der Waals surface area contributed by atoms with Gasteiger partial charge in [-0.2, -0.15) is 0 Å². The molecule has 0 fully saturated rings. The Balaban J connectivity index is 1.66. The number of fused-ring (bicyclic) bond motifs is 2. The quantitative estimate of drug-likeness (QED) is 0.690. The van der Waals surface area contributed by atoms with Gasteiger partial charge in [0.15, 0.2) is 12.4 Å². The standard InChI is InChI=1S/C23H20N2O4/c1-14(23(28)24-19-9-5-7-16-6-3-4-8-18(16)19)25-20-12-17(15(2)26)10-11-21(20)29-13-22(25)27/h3-12,14H,13H2,1-2H3,(H,24,28). The number of anilines is 2. The van der Waals surface area contributed by atoms with Crippen molar-refractivity contribution in [1.82, 2.24) is 0 Å². The van der Waals surface area contributed by atoms with Gasteiger partial charge in [-0.3, -0.25) is 19.3 Å². The van der Waals surface area contributed by atoms with E-state index in [9.17, 15) is 14.4 Å². The first kappa shape index (κ1) is 18.7. The second kappa shape index (κ2) is 7.39. The fraction of sp³-hybridized carbons (Fsp3) is 0.174. The summed E-state index contributed by atoms with van der Waals surface area (Å²) in [4.78, 5) is 38.8. The lowest BCUT2D eigenvalue weighted by molar-refractivity contribution is -0.125. The summed E-state index contributed by atoms with van der Waals surface area (Å²) in [7, 11) is 0. The van der Waals surface area contributed by atoms with Crippen molar-refractivity contribution in [1.29, 1.82) is 0 Å². The Kier molecular flexibility index (Phi) is 4.76. The molecule has 1 N–H and O–H groups in total. The third-order valence-corrected chi connectivity index (χ3v) is 5.06. The molecule has 0 bridgehead atoms. The molecule has 146 valence electrons. The van der Waals surface area contributed by atoms with Crippen molar-refractivity contribution in [3.63, 3.8) is 0 Å². The van der Waals surface area contributed by atoms with Gasteiger partial charge < -0.3 is 10.1 Å². The second-order valence-corrected chi connectivity index (χ2v) is 6.98. The number of hydrogen-bond donors (Lipinski definition) is 1. The number of Topliss-reactive ketones (excluding diaryl/α,β-unsaturated/α-hetero) is 1. The van der Waals surface area contributed by atoms with Crippen molar-refractivity contribution in [3.8, 4) is 5.75 Å². The van der Waals surface area contributed by atoms with Crippen LogP contribution >= 0.6 is 0 Å². The number of amides is 2. The molecule has 29 heavy (non-hydrogen) atoms. The zero-order chi connectivity index (χ0) is 20.5. The lowest BCUT2D eigenvalue weighted by Gasteiger charge is -2.33. The van der Waals surface area contributed by atoms with Gasteiger partial charge in [-0.1, -0.05) is 36.4 Å². The first-order valence-corrected chi connectivity index (χ1v) is 9.34. The van der Waals surface area contributed by atoms with E-state index in [4.69, 9.17) is 4.74 Å². The van der Waals surface area contributed by atoms with Gasteiger partial charge in [0, 0.05) is 16.6 Å². The molecular weight excluding hydrogens is 368 g/mol. The smallest absolute Gasteiger partial charge is 0.265 e. The van der Waals surface area contributed by atoms with E-state index in [-0.39, 0.29) is 24.2 Å². The Morgan fingerprint density at radius 3 is 2.62 bits per heavy atom. The predicted molar refractivity (Wildman–Crippen MR) is 111 cm³/mol. The van der Waals surface area contributed by atoms with Crippen molar-refractivity contribution in [3.05, 3.63) is 66.2 Å². The minimum atomic E-state index is -0.786. The van der Waals surface area contributed by atoms with Crippen LogP contribution in [0.3, 0.4) is 0 Å². The Hall–Kier alpha value is -3.67. The molecule has 1 atom stereocenters. The number of ketones is 1. The molecule has 3 aromatic carbocycles. The lowest BCUT2D eigenvalue weighted by Crippen LogP contribution is -2.49. The van der Waals surface area contributed by atoms with Crippen LogP contribution in [0.5, 0.6) is 5.75 Å². The molecule has 3 aromatic rings. The highest BCUT2D eigenvalue weighted by Gasteiger charge is 2.33. The summed E-state index contributed by atoms with van der Waals surface area (Å²) in [6.45, 7) is 2.96. The van der Waals surface area contributed by atoms with E-state index >= 15 is 0 Å². The summed E-state index contributed by atoms with van der Waals surface area (Å²) in [6.07, 6.45) is 0. The molecule has 0 saturated heterocycles. The number of carbonyl (C=O) groups excluding carboxylic acids is 3. The molecule has 0 saturated carbocycles. The number of ether oxygens (including phenoxy) is 1. The largest absolute Gasteiger partial charge is 0.482 e. The molecule has 6 nitrogen and oxygen atoms in total. The van der Waals surface area contributed by atoms with Crippen molar-refractivity contribution in [2.75, 3.05) is 16.8 Å². The van der Waals surface area contributed by atoms with Gasteiger partial charge in [0.05, 0.1) is 5.69 Å². The highest BCUT2D eigenvalue weighted by atomic mass is 16.5. The zero-order valence-electron chi connectivity index (χ0n) is 16.1. The van der Waals surface area contributed by atoms with Crippen molar-refractivity contribution in [2.45, 2.75) is 19.9 Å². The number of benzene rings is 3. The number of carbonyl (C=O) groups is 3. The van der Waals surface area contributed by atoms with Crippen LogP contribution in [0.2, 0.25) is 0 Å². The highest BCUT2D eigenvalue weighted by Crippen LogP contribution is 2.35. The third kappa shape index (κ3) is 3.45. The van der Waals surface area contributed by atoms with E-state index in [2.05, 4.69) is 5.32 Å². The average Bonchev–Trinajstić information content (AvgIpc) is 2.73. The minimum absolute atomic E-state index is 0.126. The SMILES string of the molecule is CC(=O)c1ccc2c(c1)N(C(C)C(=O)Nc1cccc3ccccc13)C(=O)CO2. The van der Waals surface area contributed by atoms with Gasteiger partial charge >= 0.3 is 0 Å². The van der Waals surface area contributed by atoms with Crippen LogP contribution in [0.15, 0.2) is 60.7 Å². The molecule has 2 amide bonds. The van der Waals surface area contributed by atoms with E-state index in [1.54, 1.807) is 25.1 Å². The maximum Gasteiger partial charge on any atom is 0.265 e. The molecule has 0 aromatic heterocycles. The first-order valence-electron chi connectivity index (χ1n) is 9.34. The van der Waals surface area contributed by atoms with E-state index in [0.717, 1.165) is 10.8 Å². The molecule has 0 radical (unpaired) electrons. The van der Waals surface area contributed by atoms with Gasteiger partial charge in [-0.25, -0.2) is 0 Å². The van der Waals surface area contributed by atoms with Gasteiger partial charge in [0.1, 0.15) is 11.8 Å². The average molecular weight is 388 g/mol. The highest BCUT2D eigenvalue weighted by molar-refractivity contribution is 6.10.